The van der Waals surface area contributed by atoms with Crippen molar-refractivity contribution in [3.8, 4) is 0 Å². The third kappa shape index (κ3) is 3.68. The van der Waals surface area contributed by atoms with E-state index in [-0.39, 0.29) is 5.82 Å². The van der Waals surface area contributed by atoms with E-state index in [0.717, 1.165) is 15.7 Å². The number of hydrogen-bond acceptors (Lipinski definition) is 2. The first-order valence-electron chi connectivity index (χ1n) is 4.94. The maximum absolute atomic E-state index is 13.1. The molecule has 0 saturated carbocycles. The Morgan fingerprint density at radius 2 is 2.12 bits per heavy atom. The highest BCUT2D eigenvalue weighted by Gasteiger charge is 2.00. The minimum absolute atomic E-state index is 0.260. The van der Waals surface area contributed by atoms with Crippen LogP contribution in [0.1, 0.15) is 5.56 Å². The Bertz CT molecular complexity index is 513. The van der Waals surface area contributed by atoms with Gasteiger partial charge >= 0.3 is 0 Å². The van der Waals surface area contributed by atoms with Gasteiger partial charge in [0.1, 0.15) is 11.0 Å². The van der Waals surface area contributed by atoms with Gasteiger partial charge in [-0.05, 0) is 35.9 Å². The van der Waals surface area contributed by atoms with E-state index in [2.05, 4.69) is 26.2 Å². The van der Waals surface area contributed by atoms with Crippen molar-refractivity contribution in [3.63, 3.8) is 0 Å². The molecule has 1 heterocycles. The average molecular weight is 316 g/mol. The summed E-state index contributed by atoms with van der Waals surface area (Å²) in [6.45, 7) is 0.525. The van der Waals surface area contributed by atoms with Crippen molar-refractivity contribution in [1.29, 1.82) is 0 Å². The Balaban J connectivity index is 2.07. The second kappa shape index (κ2) is 5.47. The summed E-state index contributed by atoms with van der Waals surface area (Å²) >= 11 is 9.01. The fourth-order valence-corrected chi connectivity index (χ4v) is 2.12. The zero-order valence-corrected chi connectivity index (χ0v) is 11.1. The van der Waals surface area contributed by atoms with E-state index in [1.807, 2.05) is 6.07 Å². The minimum Gasteiger partial charge on any atom is -0.381 e. The van der Waals surface area contributed by atoms with Crippen molar-refractivity contribution in [3.05, 3.63) is 57.5 Å². The molecule has 0 radical (unpaired) electrons. The number of rotatable bonds is 3. The first-order chi connectivity index (χ1) is 8.13. The summed E-state index contributed by atoms with van der Waals surface area (Å²) < 4.78 is 13.9. The van der Waals surface area contributed by atoms with Crippen LogP contribution in [0.5, 0.6) is 0 Å². The predicted molar refractivity (Wildman–Crippen MR) is 70.7 cm³/mol. The highest BCUT2D eigenvalue weighted by atomic mass is 79.9. The first kappa shape index (κ1) is 12.3. The Morgan fingerprint density at radius 1 is 1.29 bits per heavy atom. The van der Waals surface area contributed by atoms with E-state index in [1.54, 1.807) is 18.3 Å². The molecule has 2 nitrogen and oxygen atoms in total. The van der Waals surface area contributed by atoms with E-state index < -0.39 is 0 Å². The van der Waals surface area contributed by atoms with Gasteiger partial charge in [0.2, 0.25) is 0 Å². The van der Waals surface area contributed by atoms with Gasteiger partial charge in [0.05, 0.1) is 0 Å². The lowest BCUT2D eigenvalue weighted by atomic mass is 10.2. The lowest BCUT2D eigenvalue weighted by Gasteiger charge is -2.07. The van der Waals surface area contributed by atoms with Gasteiger partial charge in [-0.3, -0.25) is 0 Å². The Kier molecular flexibility index (Phi) is 3.97. The van der Waals surface area contributed by atoms with Crippen molar-refractivity contribution in [2.24, 2.45) is 0 Å². The van der Waals surface area contributed by atoms with Gasteiger partial charge in [0.15, 0.2) is 0 Å². The highest BCUT2D eigenvalue weighted by molar-refractivity contribution is 9.10. The molecule has 0 atom stereocenters. The molecule has 0 aliphatic carbocycles. The zero-order valence-electron chi connectivity index (χ0n) is 8.75. The summed E-state index contributed by atoms with van der Waals surface area (Å²) in [5.74, 6) is -0.260. The van der Waals surface area contributed by atoms with Crippen LogP contribution in [0.25, 0.3) is 0 Å². The third-order valence-corrected chi connectivity index (χ3v) is 2.81. The maximum Gasteiger partial charge on any atom is 0.131 e. The van der Waals surface area contributed by atoms with Crippen LogP contribution in [0.3, 0.4) is 0 Å². The summed E-state index contributed by atoms with van der Waals surface area (Å²) in [5, 5.41) is 3.57. The number of aromatic nitrogens is 1. The first-order valence-corrected chi connectivity index (χ1v) is 6.11. The van der Waals surface area contributed by atoms with E-state index in [4.69, 9.17) is 11.6 Å². The molecule has 0 aliphatic rings. The molecule has 0 spiro atoms. The molecule has 88 valence electrons. The van der Waals surface area contributed by atoms with E-state index in [1.165, 1.54) is 12.1 Å². The number of nitrogens with zero attached hydrogens (tertiary/aromatic N) is 1. The molecule has 1 aromatic heterocycles. The maximum atomic E-state index is 13.1. The zero-order chi connectivity index (χ0) is 12.3. The number of halogens is 3. The number of nitrogens with one attached hydrogen (secondary N) is 1. The molecule has 0 fully saturated rings. The van der Waals surface area contributed by atoms with Gasteiger partial charge in [0.25, 0.3) is 0 Å². The normalized spacial score (nSPS) is 10.3. The molecule has 5 heteroatoms. The molecule has 0 amide bonds. The summed E-state index contributed by atoms with van der Waals surface area (Å²) in [6.07, 6.45) is 1.62. The molecular formula is C12H9BrClFN2. The minimum atomic E-state index is -0.260. The van der Waals surface area contributed by atoms with Gasteiger partial charge in [-0.25, -0.2) is 9.37 Å². The summed E-state index contributed by atoms with van der Waals surface area (Å²) in [6, 6.07) is 8.29. The Hall–Kier alpha value is -1.13. The standard InChI is InChI=1S/C12H9BrClFN2/c13-9-3-8(4-10(15)5-9)7-17-11-1-2-16-12(14)6-11/h1-6H,7H2,(H,16,17). The van der Waals surface area contributed by atoms with Gasteiger partial charge in [-0.2, -0.15) is 0 Å². The Morgan fingerprint density at radius 3 is 2.82 bits per heavy atom. The topological polar surface area (TPSA) is 24.9 Å². The predicted octanol–water partition coefficient (Wildman–Crippen LogP) is 4.25. The number of hydrogen-bond donors (Lipinski definition) is 1. The number of benzene rings is 1. The number of anilines is 1. The van der Waals surface area contributed by atoms with Crippen LogP contribution in [-0.2, 0) is 6.54 Å². The van der Waals surface area contributed by atoms with E-state index in [0.29, 0.717) is 11.7 Å². The SMILES string of the molecule is Fc1cc(Br)cc(CNc2ccnc(Cl)c2)c1. The van der Waals surface area contributed by atoms with Gasteiger partial charge in [0, 0.05) is 22.9 Å². The second-order valence-electron chi connectivity index (χ2n) is 3.50. The van der Waals surface area contributed by atoms with Crippen molar-refractivity contribution in [1.82, 2.24) is 4.98 Å². The van der Waals surface area contributed by atoms with Gasteiger partial charge in [-0.15, -0.1) is 0 Å². The fourth-order valence-electron chi connectivity index (χ4n) is 1.43. The van der Waals surface area contributed by atoms with Crippen LogP contribution >= 0.6 is 27.5 Å². The van der Waals surface area contributed by atoms with Crippen LogP contribution in [0, 0.1) is 5.82 Å². The van der Waals surface area contributed by atoms with E-state index in [9.17, 15) is 4.39 Å². The smallest absolute Gasteiger partial charge is 0.131 e. The average Bonchev–Trinajstić information content (AvgIpc) is 2.25. The molecule has 1 aromatic carbocycles. The van der Waals surface area contributed by atoms with Crippen LogP contribution in [-0.4, -0.2) is 4.98 Å². The molecule has 0 saturated heterocycles. The molecule has 17 heavy (non-hydrogen) atoms. The van der Waals surface area contributed by atoms with Gasteiger partial charge < -0.3 is 5.32 Å². The largest absolute Gasteiger partial charge is 0.381 e. The molecule has 0 bridgehead atoms. The molecule has 1 N–H and O–H groups in total. The highest BCUT2D eigenvalue weighted by Crippen LogP contribution is 2.17. The Labute approximate surface area is 112 Å². The molecule has 2 aromatic rings. The summed E-state index contributed by atoms with van der Waals surface area (Å²) in [4.78, 5) is 3.88. The molecule has 2 rings (SSSR count). The van der Waals surface area contributed by atoms with Crippen molar-refractivity contribution in [2.75, 3.05) is 5.32 Å². The lowest BCUT2D eigenvalue weighted by molar-refractivity contribution is 0.625. The molecular weight excluding hydrogens is 307 g/mol. The van der Waals surface area contributed by atoms with Crippen LogP contribution < -0.4 is 5.32 Å². The lowest BCUT2D eigenvalue weighted by Crippen LogP contribution is -2.00. The van der Waals surface area contributed by atoms with Crippen molar-refractivity contribution < 1.29 is 4.39 Å². The second-order valence-corrected chi connectivity index (χ2v) is 4.80. The third-order valence-electron chi connectivity index (χ3n) is 2.15. The van der Waals surface area contributed by atoms with Crippen LogP contribution in [0.2, 0.25) is 5.15 Å². The summed E-state index contributed by atoms with van der Waals surface area (Å²) in [5.41, 5.74) is 1.70. The molecule has 0 unspecified atom stereocenters. The summed E-state index contributed by atoms with van der Waals surface area (Å²) in [7, 11) is 0. The number of pyridine rings is 1. The van der Waals surface area contributed by atoms with Crippen molar-refractivity contribution in [2.45, 2.75) is 6.54 Å². The van der Waals surface area contributed by atoms with Crippen molar-refractivity contribution >= 4 is 33.2 Å². The molecule has 0 aliphatic heterocycles. The van der Waals surface area contributed by atoms with Crippen LogP contribution in [0.4, 0.5) is 10.1 Å². The van der Waals surface area contributed by atoms with E-state index >= 15 is 0 Å². The fraction of sp³-hybridized carbons (Fsp3) is 0.0833. The quantitative estimate of drug-likeness (QED) is 0.857. The monoisotopic (exact) mass is 314 g/mol. The van der Waals surface area contributed by atoms with Crippen LogP contribution in [0.15, 0.2) is 41.0 Å². The van der Waals surface area contributed by atoms with Gasteiger partial charge in [-0.1, -0.05) is 27.5 Å².